The number of hydrogen-bond acceptors (Lipinski definition) is 5. The summed E-state index contributed by atoms with van der Waals surface area (Å²) in [5.41, 5.74) is 6.21. The normalized spacial score (nSPS) is 23.7. The summed E-state index contributed by atoms with van der Waals surface area (Å²) in [5.74, 6) is 0.00824. The number of amides is 3. The van der Waals surface area contributed by atoms with Crippen molar-refractivity contribution in [3.05, 3.63) is 36.3 Å². The molecular formula is C18H21N5O3S. The Morgan fingerprint density at radius 1 is 1.26 bits per heavy atom. The van der Waals surface area contributed by atoms with Crippen LogP contribution in [0.4, 0.5) is 0 Å². The molecule has 9 heteroatoms. The molecule has 0 radical (unpaired) electrons. The van der Waals surface area contributed by atoms with Crippen molar-refractivity contribution in [3.63, 3.8) is 0 Å². The summed E-state index contributed by atoms with van der Waals surface area (Å²) in [6.45, 7) is 0.650. The van der Waals surface area contributed by atoms with E-state index in [9.17, 15) is 14.4 Å². The van der Waals surface area contributed by atoms with Gasteiger partial charge < -0.3 is 20.4 Å². The maximum absolute atomic E-state index is 12.7. The SMILES string of the molecule is NC(=O)CSCC(=O)N1C[C@@H]2CC[C@H]1[C@H]2NC(=O)c1cn2ccccc2n1. The molecule has 0 unspecified atom stereocenters. The predicted molar refractivity (Wildman–Crippen MR) is 101 cm³/mol. The van der Waals surface area contributed by atoms with Gasteiger partial charge >= 0.3 is 0 Å². The number of rotatable bonds is 6. The number of carbonyl (C=O) groups excluding carboxylic acids is 3. The Bertz CT molecular complexity index is 865. The minimum atomic E-state index is -0.423. The Hall–Kier alpha value is -2.55. The number of imidazole rings is 1. The zero-order valence-electron chi connectivity index (χ0n) is 14.7. The molecule has 3 heterocycles. The standard InChI is InChI=1S/C18H21N5O3S/c19-14(24)9-27-10-16(25)23-7-11-4-5-13(23)17(11)21-18(26)12-8-22-6-2-1-3-15(22)20-12/h1-3,6,8,11,13,17H,4-5,7,9-10H2,(H2,19,24)(H,21,26)/t11-,13-,17-/m0/s1. The van der Waals surface area contributed by atoms with Gasteiger partial charge in [-0.15, -0.1) is 11.8 Å². The first-order chi connectivity index (χ1) is 13.0. The van der Waals surface area contributed by atoms with Crippen LogP contribution in [0.2, 0.25) is 0 Å². The summed E-state index contributed by atoms with van der Waals surface area (Å²) in [6.07, 6.45) is 5.44. The molecule has 2 aliphatic rings. The summed E-state index contributed by atoms with van der Waals surface area (Å²) < 4.78 is 1.81. The van der Waals surface area contributed by atoms with E-state index in [-0.39, 0.29) is 41.3 Å². The Kier molecular flexibility index (Phi) is 4.77. The monoisotopic (exact) mass is 387 g/mol. The van der Waals surface area contributed by atoms with E-state index in [1.165, 1.54) is 11.8 Å². The number of nitrogens with zero attached hydrogens (tertiary/aromatic N) is 3. The molecule has 1 aliphatic heterocycles. The number of nitrogens with one attached hydrogen (secondary N) is 1. The van der Waals surface area contributed by atoms with E-state index in [2.05, 4.69) is 10.3 Å². The van der Waals surface area contributed by atoms with Gasteiger partial charge in [-0.25, -0.2) is 4.98 Å². The topological polar surface area (TPSA) is 110 Å². The van der Waals surface area contributed by atoms with Crippen LogP contribution >= 0.6 is 11.8 Å². The number of primary amides is 1. The second-order valence-electron chi connectivity index (χ2n) is 7.00. The fourth-order valence-electron chi connectivity index (χ4n) is 4.09. The fourth-order valence-corrected chi connectivity index (χ4v) is 4.74. The van der Waals surface area contributed by atoms with Gasteiger partial charge in [0.25, 0.3) is 5.91 Å². The Morgan fingerprint density at radius 2 is 2.11 bits per heavy atom. The van der Waals surface area contributed by atoms with Crippen molar-refractivity contribution in [1.82, 2.24) is 19.6 Å². The summed E-state index contributed by atoms with van der Waals surface area (Å²) in [6, 6.07) is 5.57. The van der Waals surface area contributed by atoms with E-state index in [1.807, 2.05) is 33.7 Å². The molecule has 3 N–H and O–H groups in total. The van der Waals surface area contributed by atoms with Gasteiger partial charge in [0.2, 0.25) is 11.8 Å². The molecule has 27 heavy (non-hydrogen) atoms. The lowest BCUT2D eigenvalue weighted by Crippen LogP contribution is -2.46. The van der Waals surface area contributed by atoms with Gasteiger partial charge in [-0.1, -0.05) is 6.07 Å². The summed E-state index contributed by atoms with van der Waals surface area (Å²) in [5, 5.41) is 3.09. The second-order valence-corrected chi connectivity index (χ2v) is 7.99. The van der Waals surface area contributed by atoms with Crippen LogP contribution in [-0.4, -0.2) is 62.1 Å². The van der Waals surface area contributed by atoms with Gasteiger partial charge in [-0.3, -0.25) is 14.4 Å². The molecule has 2 aromatic heterocycles. The molecule has 3 amide bonds. The lowest BCUT2D eigenvalue weighted by molar-refractivity contribution is -0.130. The zero-order chi connectivity index (χ0) is 19.0. The number of aromatic nitrogens is 2. The quantitative estimate of drug-likeness (QED) is 0.739. The van der Waals surface area contributed by atoms with Crippen molar-refractivity contribution in [2.45, 2.75) is 24.9 Å². The van der Waals surface area contributed by atoms with Crippen molar-refractivity contribution >= 4 is 35.1 Å². The van der Waals surface area contributed by atoms with E-state index >= 15 is 0 Å². The molecule has 0 aromatic carbocycles. The number of carbonyl (C=O) groups is 3. The Balaban J connectivity index is 1.40. The molecule has 4 rings (SSSR count). The molecule has 1 saturated heterocycles. The van der Waals surface area contributed by atoms with Crippen LogP contribution < -0.4 is 11.1 Å². The molecule has 2 fully saturated rings. The minimum absolute atomic E-state index is 0.000397. The van der Waals surface area contributed by atoms with Gasteiger partial charge in [-0.05, 0) is 30.9 Å². The average Bonchev–Trinajstić information content (AvgIpc) is 3.33. The van der Waals surface area contributed by atoms with Gasteiger partial charge in [0.15, 0.2) is 0 Å². The number of thioether (sulfide) groups is 1. The van der Waals surface area contributed by atoms with Gasteiger partial charge in [0.1, 0.15) is 11.3 Å². The number of fused-ring (bicyclic) bond motifs is 3. The highest BCUT2D eigenvalue weighted by Gasteiger charge is 2.49. The van der Waals surface area contributed by atoms with Crippen LogP contribution in [0, 0.1) is 5.92 Å². The summed E-state index contributed by atoms with van der Waals surface area (Å²) in [7, 11) is 0. The molecule has 142 valence electrons. The van der Waals surface area contributed by atoms with E-state index in [0.717, 1.165) is 18.5 Å². The predicted octanol–water partition coefficient (Wildman–Crippen LogP) is 0.272. The third-order valence-electron chi connectivity index (χ3n) is 5.27. The van der Waals surface area contributed by atoms with Crippen molar-refractivity contribution in [3.8, 4) is 0 Å². The molecule has 0 spiro atoms. The third kappa shape index (κ3) is 3.51. The van der Waals surface area contributed by atoms with Crippen molar-refractivity contribution in [2.24, 2.45) is 11.7 Å². The highest BCUT2D eigenvalue weighted by molar-refractivity contribution is 8.00. The number of likely N-dealkylation sites (tertiary alicyclic amines) is 1. The van der Waals surface area contributed by atoms with Crippen LogP contribution in [-0.2, 0) is 9.59 Å². The molecule has 2 bridgehead atoms. The molecule has 8 nitrogen and oxygen atoms in total. The van der Waals surface area contributed by atoms with Crippen molar-refractivity contribution < 1.29 is 14.4 Å². The van der Waals surface area contributed by atoms with Crippen LogP contribution in [0.25, 0.3) is 5.65 Å². The maximum Gasteiger partial charge on any atom is 0.271 e. The number of hydrogen-bond donors (Lipinski definition) is 2. The molecule has 2 aromatic rings. The van der Waals surface area contributed by atoms with Crippen LogP contribution in [0.3, 0.4) is 0 Å². The van der Waals surface area contributed by atoms with Gasteiger partial charge in [-0.2, -0.15) is 0 Å². The van der Waals surface area contributed by atoms with E-state index < -0.39 is 5.91 Å². The highest BCUT2D eigenvalue weighted by Crippen LogP contribution is 2.38. The van der Waals surface area contributed by atoms with Crippen molar-refractivity contribution in [2.75, 3.05) is 18.1 Å². The lowest BCUT2D eigenvalue weighted by Gasteiger charge is -2.27. The van der Waals surface area contributed by atoms with E-state index in [1.54, 1.807) is 6.20 Å². The maximum atomic E-state index is 12.7. The molecular weight excluding hydrogens is 366 g/mol. The van der Waals surface area contributed by atoms with Crippen LogP contribution in [0.5, 0.6) is 0 Å². The van der Waals surface area contributed by atoms with Crippen molar-refractivity contribution in [1.29, 1.82) is 0 Å². The van der Waals surface area contributed by atoms with Crippen LogP contribution in [0.15, 0.2) is 30.6 Å². The first-order valence-electron chi connectivity index (χ1n) is 8.93. The highest BCUT2D eigenvalue weighted by atomic mass is 32.2. The van der Waals surface area contributed by atoms with Gasteiger partial charge in [0, 0.05) is 18.9 Å². The first kappa shape index (κ1) is 17.8. The Labute approximate surface area is 160 Å². The van der Waals surface area contributed by atoms with E-state index in [4.69, 9.17) is 5.73 Å². The smallest absolute Gasteiger partial charge is 0.271 e. The summed E-state index contributed by atoms with van der Waals surface area (Å²) >= 11 is 1.23. The zero-order valence-corrected chi connectivity index (χ0v) is 15.5. The largest absolute Gasteiger partial charge is 0.369 e. The first-order valence-corrected chi connectivity index (χ1v) is 10.1. The Morgan fingerprint density at radius 3 is 2.89 bits per heavy atom. The molecule has 1 saturated carbocycles. The molecule has 3 atom stereocenters. The average molecular weight is 387 g/mol. The summed E-state index contributed by atoms with van der Waals surface area (Å²) in [4.78, 5) is 42.2. The number of nitrogens with two attached hydrogens (primary N) is 1. The molecule has 1 aliphatic carbocycles. The minimum Gasteiger partial charge on any atom is -0.369 e. The van der Waals surface area contributed by atoms with E-state index in [0.29, 0.717) is 12.2 Å². The lowest BCUT2D eigenvalue weighted by atomic mass is 10.1. The fraction of sp³-hybridized carbons (Fsp3) is 0.444. The number of piperidine rings is 1. The second kappa shape index (κ2) is 7.22. The number of pyridine rings is 1. The van der Waals surface area contributed by atoms with Crippen LogP contribution in [0.1, 0.15) is 23.3 Å². The van der Waals surface area contributed by atoms with Gasteiger partial charge in [0.05, 0.1) is 23.6 Å². The third-order valence-corrected chi connectivity index (χ3v) is 6.21.